The summed E-state index contributed by atoms with van der Waals surface area (Å²) in [6.45, 7) is 5.14. The van der Waals surface area contributed by atoms with Gasteiger partial charge in [0.2, 0.25) is 11.8 Å². The molecule has 3 heterocycles. The lowest BCUT2D eigenvalue weighted by Crippen LogP contribution is -2.44. The van der Waals surface area contributed by atoms with Crippen LogP contribution in [0.15, 0.2) is 4.79 Å². The van der Waals surface area contributed by atoms with E-state index in [1.165, 1.54) is 7.05 Å². The van der Waals surface area contributed by atoms with Crippen LogP contribution in [-0.2, 0) is 18.4 Å². The first-order chi connectivity index (χ1) is 14.5. The first-order valence-electron chi connectivity index (χ1n) is 8.85. The molecular formula is C17H19F3N6O5. The van der Waals surface area contributed by atoms with Crippen LogP contribution < -0.4 is 15.8 Å². The molecule has 0 amide bonds. The molecule has 2 aromatic heterocycles. The van der Waals surface area contributed by atoms with Gasteiger partial charge in [-0.3, -0.25) is 13.9 Å². The minimum atomic E-state index is -5.08. The van der Waals surface area contributed by atoms with Gasteiger partial charge in [-0.2, -0.15) is 18.2 Å². The predicted octanol–water partition coefficient (Wildman–Crippen LogP) is -0.106. The van der Waals surface area contributed by atoms with E-state index in [1.807, 2.05) is 0 Å². The Kier molecular flexibility index (Phi) is 7.24. The molecule has 0 atom stereocenters. The van der Waals surface area contributed by atoms with Crippen LogP contribution in [-0.4, -0.2) is 73.6 Å². The molecule has 11 nitrogen and oxygen atoms in total. The average Bonchev–Trinajstić information content (AvgIpc) is 3.08. The fourth-order valence-electron chi connectivity index (χ4n) is 2.75. The minimum Gasteiger partial charge on any atom is -0.475 e. The van der Waals surface area contributed by atoms with Crippen molar-refractivity contribution in [3.63, 3.8) is 0 Å². The van der Waals surface area contributed by atoms with E-state index < -0.39 is 23.7 Å². The quantitative estimate of drug-likeness (QED) is 0.553. The Labute approximate surface area is 173 Å². The van der Waals surface area contributed by atoms with Crippen LogP contribution in [0.4, 0.5) is 19.1 Å². The lowest BCUT2D eigenvalue weighted by atomic mass is 10.4. The number of anilines is 1. The van der Waals surface area contributed by atoms with Gasteiger partial charge in [0, 0.05) is 33.2 Å². The standard InChI is InChI=1S/C15H18N6O3.C2HF3O2/c1-3-4-7-21-10-11(17-12(14(23)24)19(2)13(10)22)18-15(21)20-8-5-16-6-9-20;3-2(4,5)1(6)7/h16H,5-9H2,1-2H3,(H,23,24);(H,6,7). The van der Waals surface area contributed by atoms with Gasteiger partial charge < -0.3 is 20.4 Å². The molecule has 0 unspecified atom stereocenters. The van der Waals surface area contributed by atoms with E-state index in [1.54, 1.807) is 11.5 Å². The third-order valence-corrected chi connectivity index (χ3v) is 4.21. The molecule has 1 fully saturated rings. The number of nitrogens with zero attached hydrogens (tertiary/aromatic N) is 5. The number of nitrogens with one attached hydrogen (secondary N) is 1. The van der Waals surface area contributed by atoms with Crippen LogP contribution >= 0.6 is 0 Å². The van der Waals surface area contributed by atoms with E-state index in [2.05, 4.69) is 32.0 Å². The number of imidazole rings is 1. The number of carboxylic acid groups (broad SMARTS) is 2. The van der Waals surface area contributed by atoms with Crippen LogP contribution in [0.5, 0.6) is 0 Å². The summed E-state index contributed by atoms with van der Waals surface area (Å²) in [5, 5.41) is 19.6. The number of piperazine rings is 1. The number of aromatic nitrogens is 4. The van der Waals surface area contributed by atoms with Crippen LogP contribution in [0.3, 0.4) is 0 Å². The number of rotatable bonds is 3. The van der Waals surface area contributed by atoms with Crippen molar-refractivity contribution >= 4 is 29.1 Å². The summed E-state index contributed by atoms with van der Waals surface area (Å²) in [5.41, 5.74) is -0.0232. The van der Waals surface area contributed by atoms with Gasteiger partial charge in [-0.1, -0.05) is 5.92 Å². The molecule has 2 aromatic rings. The molecule has 0 aromatic carbocycles. The number of carboxylic acids is 2. The molecule has 3 N–H and O–H groups in total. The third kappa shape index (κ3) is 5.31. The Hall–Kier alpha value is -3.60. The molecular weight excluding hydrogens is 425 g/mol. The summed E-state index contributed by atoms with van der Waals surface area (Å²) in [4.78, 5) is 43.4. The maximum absolute atomic E-state index is 12.7. The maximum atomic E-state index is 12.7. The average molecular weight is 444 g/mol. The van der Waals surface area contributed by atoms with Crippen molar-refractivity contribution in [1.82, 2.24) is 24.4 Å². The van der Waals surface area contributed by atoms with Crippen LogP contribution in [0.2, 0.25) is 0 Å². The van der Waals surface area contributed by atoms with E-state index in [4.69, 9.17) is 9.90 Å². The Morgan fingerprint density at radius 1 is 1.19 bits per heavy atom. The lowest BCUT2D eigenvalue weighted by molar-refractivity contribution is -0.192. The molecule has 0 bridgehead atoms. The van der Waals surface area contributed by atoms with Gasteiger partial charge in [-0.05, 0) is 6.92 Å². The molecule has 31 heavy (non-hydrogen) atoms. The summed E-state index contributed by atoms with van der Waals surface area (Å²) in [5.74, 6) is 2.01. The minimum absolute atomic E-state index is 0.141. The smallest absolute Gasteiger partial charge is 0.475 e. The summed E-state index contributed by atoms with van der Waals surface area (Å²) in [6.07, 6.45) is -5.08. The predicted molar refractivity (Wildman–Crippen MR) is 102 cm³/mol. The molecule has 168 valence electrons. The van der Waals surface area contributed by atoms with Gasteiger partial charge in [-0.25, -0.2) is 14.6 Å². The topological polar surface area (TPSA) is 143 Å². The van der Waals surface area contributed by atoms with Crippen molar-refractivity contribution < 1.29 is 33.0 Å². The number of fused-ring (bicyclic) bond motifs is 1. The number of hydrogen-bond donors (Lipinski definition) is 3. The summed E-state index contributed by atoms with van der Waals surface area (Å²) in [6, 6.07) is 0. The molecule has 1 aliphatic heterocycles. The normalized spacial score (nSPS) is 13.8. The highest BCUT2D eigenvalue weighted by Crippen LogP contribution is 2.20. The van der Waals surface area contributed by atoms with Crippen LogP contribution in [0.25, 0.3) is 11.2 Å². The molecule has 1 saturated heterocycles. The van der Waals surface area contributed by atoms with Gasteiger partial charge in [0.15, 0.2) is 11.2 Å². The molecule has 0 aliphatic carbocycles. The second-order valence-electron chi connectivity index (χ2n) is 6.24. The Balaban J connectivity index is 0.000000423. The summed E-state index contributed by atoms with van der Waals surface area (Å²) < 4.78 is 34.5. The van der Waals surface area contributed by atoms with Gasteiger partial charge in [0.1, 0.15) is 0 Å². The highest BCUT2D eigenvalue weighted by atomic mass is 19.4. The van der Waals surface area contributed by atoms with E-state index in [0.717, 1.165) is 30.7 Å². The van der Waals surface area contributed by atoms with Crippen LogP contribution in [0, 0.1) is 11.8 Å². The van der Waals surface area contributed by atoms with Crippen LogP contribution in [0.1, 0.15) is 17.5 Å². The maximum Gasteiger partial charge on any atom is 0.490 e. The van der Waals surface area contributed by atoms with E-state index in [-0.39, 0.29) is 17.0 Å². The largest absolute Gasteiger partial charge is 0.490 e. The molecule has 0 saturated carbocycles. The Morgan fingerprint density at radius 3 is 2.26 bits per heavy atom. The molecule has 0 spiro atoms. The van der Waals surface area contributed by atoms with Gasteiger partial charge in [-0.15, -0.1) is 5.92 Å². The van der Waals surface area contributed by atoms with Crippen molar-refractivity contribution in [3.05, 3.63) is 16.2 Å². The number of halogens is 3. The first-order valence-corrected chi connectivity index (χ1v) is 8.85. The number of aliphatic carboxylic acids is 1. The van der Waals surface area contributed by atoms with E-state index in [0.29, 0.717) is 12.5 Å². The zero-order valence-electron chi connectivity index (χ0n) is 16.5. The third-order valence-electron chi connectivity index (χ3n) is 4.21. The van der Waals surface area contributed by atoms with Crippen molar-refractivity contribution in [2.75, 3.05) is 31.1 Å². The van der Waals surface area contributed by atoms with Gasteiger partial charge in [0.05, 0.1) is 6.54 Å². The number of hydrogen-bond acceptors (Lipinski definition) is 7. The number of aromatic carboxylic acids is 1. The fourth-order valence-corrected chi connectivity index (χ4v) is 2.75. The van der Waals surface area contributed by atoms with Gasteiger partial charge in [0.25, 0.3) is 5.56 Å². The number of alkyl halides is 3. The SMILES string of the molecule is CC#CCn1c(N2CCNCC2)nc2nc(C(=O)O)n(C)c(=O)c21.O=C(O)C(F)(F)F. The Morgan fingerprint density at radius 2 is 1.77 bits per heavy atom. The zero-order valence-corrected chi connectivity index (χ0v) is 16.5. The van der Waals surface area contributed by atoms with Crippen molar-refractivity contribution in [2.45, 2.75) is 19.6 Å². The first kappa shape index (κ1) is 23.7. The highest BCUT2D eigenvalue weighted by Gasteiger charge is 2.38. The molecule has 1 aliphatic rings. The number of carbonyl (C=O) groups is 2. The zero-order chi connectivity index (χ0) is 23.3. The highest BCUT2D eigenvalue weighted by molar-refractivity contribution is 5.86. The molecule has 3 rings (SSSR count). The van der Waals surface area contributed by atoms with Crippen molar-refractivity contribution in [2.24, 2.45) is 7.05 Å². The molecule has 0 radical (unpaired) electrons. The molecule has 14 heteroatoms. The Bertz CT molecular complexity index is 1110. The second-order valence-corrected chi connectivity index (χ2v) is 6.24. The second kappa shape index (κ2) is 9.47. The summed E-state index contributed by atoms with van der Waals surface area (Å²) in [7, 11) is 1.39. The fraction of sp³-hybridized carbons (Fsp3) is 0.471. The van der Waals surface area contributed by atoms with Crippen molar-refractivity contribution in [3.8, 4) is 11.8 Å². The van der Waals surface area contributed by atoms with Gasteiger partial charge >= 0.3 is 18.1 Å². The monoisotopic (exact) mass is 444 g/mol. The lowest BCUT2D eigenvalue weighted by Gasteiger charge is -2.28. The van der Waals surface area contributed by atoms with Crippen molar-refractivity contribution in [1.29, 1.82) is 0 Å². The summed E-state index contributed by atoms with van der Waals surface area (Å²) >= 11 is 0. The van der Waals surface area contributed by atoms with E-state index >= 15 is 0 Å². The van der Waals surface area contributed by atoms with E-state index in [9.17, 15) is 27.9 Å².